The van der Waals surface area contributed by atoms with Gasteiger partial charge in [0.15, 0.2) is 0 Å². The van der Waals surface area contributed by atoms with E-state index < -0.39 is 5.67 Å². The topological polar surface area (TPSA) is 12.0 Å². The molecule has 0 radical (unpaired) electrons. The van der Waals surface area contributed by atoms with Gasteiger partial charge in [-0.15, -0.1) is 0 Å². The third-order valence-electron chi connectivity index (χ3n) is 1.58. The molecule has 0 aliphatic carbocycles. The van der Waals surface area contributed by atoms with Crippen molar-refractivity contribution in [3.63, 3.8) is 0 Å². The molecule has 13 heavy (non-hydrogen) atoms. The van der Waals surface area contributed by atoms with Crippen molar-refractivity contribution in [2.24, 2.45) is 5.92 Å². The maximum atomic E-state index is 13.0. The molecule has 1 nitrogen and oxygen atoms in total. The highest BCUT2D eigenvalue weighted by molar-refractivity contribution is 4.89. The fraction of sp³-hybridized carbons (Fsp3) is 0.818. The van der Waals surface area contributed by atoms with Crippen LogP contribution in [0.3, 0.4) is 0 Å². The largest absolute Gasteiger partial charge is 0.313 e. The van der Waals surface area contributed by atoms with Crippen molar-refractivity contribution >= 4 is 0 Å². The average molecular weight is 187 g/mol. The number of nitrogens with one attached hydrogen (secondary N) is 1. The van der Waals surface area contributed by atoms with Crippen LogP contribution < -0.4 is 5.32 Å². The third-order valence-corrected chi connectivity index (χ3v) is 1.58. The molecule has 0 aromatic carbocycles. The predicted molar refractivity (Wildman–Crippen MR) is 56.7 cm³/mol. The molecule has 0 aliphatic heterocycles. The van der Waals surface area contributed by atoms with Crippen molar-refractivity contribution in [1.29, 1.82) is 0 Å². The number of alkyl halides is 1. The Morgan fingerprint density at radius 2 is 1.92 bits per heavy atom. The number of hydrogen-bond acceptors (Lipinski definition) is 1. The van der Waals surface area contributed by atoms with Gasteiger partial charge in [0.1, 0.15) is 5.67 Å². The van der Waals surface area contributed by atoms with Crippen molar-refractivity contribution in [2.45, 2.75) is 39.8 Å². The Morgan fingerprint density at radius 1 is 1.31 bits per heavy atom. The van der Waals surface area contributed by atoms with Crippen LogP contribution in [0.4, 0.5) is 4.39 Å². The summed E-state index contributed by atoms with van der Waals surface area (Å²) in [5.41, 5.74) is -1.07. The fourth-order valence-electron chi connectivity index (χ4n) is 0.902. The molecule has 0 bridgehead atoms. The van der Waals surface area contributed by atoms with Crippen LogP contribution in [0.15, 0.2) is 12.2 Å². The van der Waals surface area contributed by atoms with Gasteiger partial charge in [0.05, 0.1) is 0 Å². The zero-order valence-electron chi connectivity index (χ0n) is 9.23. The number of rotatable bonds is 6. The molecule has 0 saturated carbocycles. The van der Waals surface area contributed by atoms with Crippen LogP contribution in [-0.2, 0) is 0 Å². The quantitative estimate of drug-likeness (QED) is 0.498. The van der Waals surface area contributed by atoms with Gasteiger partial charge < -0.3 is 5.32 Å². The Morgan fingerprint density at radius 3 is 2.38 bits per heavy atom. The van der Waals surface area contributed by atoms with Gasteiger partial charge in [-0.25, -0.2) is 4.39 Å². The number of halogens is 1. The minimum Gasteiger partial charge on any atom is -0.313 e. The van der Waals surface area contributed by atoms with Crippen LogP contribution in [0.2, 0.25) is 0 Å². The summed E-state index contributed by atoms with van der Waals surface area (Å²) in [5, 5.41) is 3.26. The molecule has 78 valence electrons. The van der Waals surface area contributed by atoms with Crippen molar-refractivity contribution < 1.29 is 4.39 Å². The summed E-state index contributed by atoms with van der Waals surface area (Å²) in [6.07, 6.45) is 4.38. The molecule has 0 aromatic rings. The molecule has 0 unspecified atom stereocenters. The summed E-state index contributed by atoms with van der Waals surface area (Å²) in [4.78, 5) is 0. The average Bonchev–Trinajstić information content (AvgIpc) is 1.93. The fourth-order valence-corrected chi connectivity index (χ4v) is 0.902. The second-order valence-electron chi connectivity index (χ2n) is 4.45. The van der Waals surface area contributed by atoms with Crippen molar-refractivity contribution in [2.75, 3.05) is 13.1 Å². The standard InChI is InChI=1S/C11H22FN/c1-10(2)9-13-8-6-5-7-11(3,4)12/h5-6,10,13H,7-9H2,1-4H3/b6-5-. The molecule has 0 rings (SSSR count). The first kappa shape index (κ1) is 12.6. The van der Waals surface area contributed by atoms with Gasteiger partial charge in [-0.3, -0.25) is 0 Å². The Kier molecular flexibility index (Phi) is 5.97. The SMILES string of the molecule is CC(C)CNC/C=C\CC(C)(C)F. The summed E-state index contributed by atoms with van der Waals surface area (Å²) in [6.45, 7) is 9.39. The lowest BCUT2D eigenvalue weighted by atomic mass is 10.1. The molecular formula is C11H22FN. The van der Waals surface area contributed by atoms with Gasteiger partial charge in [-0.1, -0.05) is 26.0 Å². The van der Waals surface area contributed by atoms with Crippen LogP contribution in [0.25, 0.3) is 0 Å². The summed E-state index contributed by atoms with van der Waals surface area (Å²) in [6, 6.07) is 0. The Bertz CT molecular complexity index is 145. The maximum Gasteiger partial charge on any atom is 0.108 e. The molecule has 0 aromatic heterocycles. The molecule has 0 amide bonds. The third kappa shape index (κ3) is 11.6. The van der Waals surface area contributed by atoms with Crippen molar-refractivity contribution in [3.8, 4) is 0 Å². The maximum absolute atomic E-state index is 13.0. The van der Waals surface area contributed by atoms with Gasteiger partial charge in [-0.2, -0.15) is 0 Å². The summed E-state index contributed by atoms with van der Waals surface area (Å²) < 4.78 is 13.0. The first-order chi connectivity index (χ1) is 5.92. The molecule has 0 atom stereocenters. The summed E-state index contributed by atoms with van der Waals surface area (Å²) in [7, 11) is 0. The molecule has 1 N–H and O–H groups in total. The van der Waals surface area contributed by atoms with E-state index in [1.807, 2.05) is 12.2 Å². The normalized spacial score (nSPS) is 13.1. The van der Waals surface area contributed by atoms with Crippen LogP contribution in [0, 0.1) is 5.92 Å². The first-order valence-corrected chi connectivity index (χ1v) is 4.96. The molecule has 0 spiro atoms. The summed E-state index contributed by atoms with van der Waals surface area (Å²) >= 11 is 0. The Labute approximate surface area is 81.4 Å². The van der Waals surface area contributed by atoms with Gasteiger partial charge in [0.2, 0.25) is 0 Å². The van der Waals surface area contributed by atoms with E-state index in [0.717, 1.165) is 13.1 Å². The number of hydrogen-bond donors (Lipinski definition) is 1. The highest BCUT2D eigenvalue weighted by Gasteiger charge is 2.11. The molecule has 0 heterocycles. The molecule has 0 saturated heterocycles. The van der Waals surface area contributed by atoms with E-state index in [0.29, 0.717) is 12.3 Å². The lowest BCUT2D eigenvalue weighted by Gasteiger charge is -2.09. The van der Waals surface area contributed by atoms with Crippen LogP contribution >= 0.6 is 0 Å². The Balaban J connectivity index is 3.33. The zero-order valence-corrected chi connectivity index (χ0v) is 9.23. The Hall–Kier alpha value is -0.370. The van der Waals surface area contributed by atoms with E-state index in [-0.39, 0.29) is 0 Å². The molecule has 2 heteroatoms. The van der Waals surface area contributed by atoms with Gasteiger partial charge >= 0.3 is 0 Å². The highest BCUT2D eigenvalue weighted by atomic mass is 19.1. The van der Waals surface area contributed by atoms with Crippen molar-refractivity contribution in [3.05, 3.63) is 12.2 Å². The predicted octanol–water partition coefficient (Wildman–Crippen LogP) is 2.93. The van der Waals surface area contributed by atoms with Gasteiger partial charge in [-0.05, 0) is 32.7 Å². The van der Waals surface area contributed by atoms with E-state index in [2.05, 4.69) is 19.2 Å². The minimum absolute atomic E-state index is 0.496. The van der Waals surface area contributed by atoms with Gasteiger partial charge in [0, 0.05) is 6.54 Å². The van der Waals surface area contributed by atoms with Crippen LogP contribution in [-0.4, -0.2) is 18.8 Å². The van der Waals surface area contributed by atoms with Crippen molar-refractivity contribution in [1.82, 2.24) is 5.32 Å². The molecule has 0 fully saturated rings. The lowest BCUT2D eigenvalue weighted by molar-refractivity contribution is 0.221. The second kappa shape index (κ2) is 6.14. The lowest BCUT2D eigenvalue weighted by Crippen LogP contribution is -2.19. The van der Waals surface area contributed by atoms with Crippen LogP contribution in [0.5, 0.6) is 0 Å². The number of allylic oxidation sites excluding steroid dienone is 1. The monoisotopic (exact) mass is 187 g/mol. The minimum atomic E-state index is -1.07. The van der Waals surface area contributed by atoms with E-state index in [9.17, 15) is 4.39 Å². The van der Waals surface area contributed by atoms with E-state index in [1.54, 1.807) is 13.8 Å². The summed E-state index contributed by atoms with van der Waals surface area (Å²) in [5.74, 6) is 0.672. The van der Waals surface area contributed by atoms with E-state index in [1.165, 1.54) is 0 Å². The van der Waals surface area contributed by atoms with E-state index >= 15 is 0 Å². The first-order valence-electron chi connectivity index (χ1n) is 4.96. The second-order valence-corrected chi connectivity index (χ2v) is 4.45. The zero-order chi connectivity index (χ0) is 10.3. The van der Waals surface area contributed by atoms with Crippen LogP contribution in [0.1, 0.15) is 34.1 Å². The smallest absolute Gasteiger partial charge is 0.108 e. The van der Waals surface area contributed by atoms with Gasteiger partial charge in [0.25, 0.3) is 0 Å². The molecule has 0 aliphatic rings. The highest BCUT2D eigenvalue weighted by Crippen LogP contribution is 2.13. The van der Waals surface area contributed by atoms with E-state index in [4.69, 9.17) is 0 Å². The molecular weight excluding hydrogens is 165 g/mol.